The molecule has 0 aliphatic carbocycles. The first-order valence-electron chi connectivity index (χ1n) is 7.48. The number of aliphatic hydroxyl groups excluding tert-OH is 1. The minimum Gasteiger partial charge on any atom is -0.396 e. The molecule has 2 heterocycles. The number of ether oxygens (including phenoxy) is 1. The fraction of sp³-hybridized carbons (Fsp3) is 1.00. The van der Waals surface area contributed by atoms with Crippen molar-refractivity contribution >= 4 is 10.2 Å². The first-order chi connectivity index (χ1) is 9.48. The van der Waals surface area contributed by atoms with E-state index in [0.717, 1.165) is 19.3 Å². The van der Waals surface area contributed by atoms with Crippen LogP contribution in [0, 0.1) is 5.92 Å². The Kier molecular flexibility index (Phi) is 5.42. The molecule has 2 rings (SSSR count). The van der Waals surface area contributed by atoms with Crippen LogP contribution in [0.2, 0.25) is 0 Å². The Balaban J connectivity index is 2.08. The molecule has 0 amide bonds. The van der Waals surface area contributed by atoms with E-state index in [0.29, 0.717) is 26.2 Å². The number of morpholine rings is 1. The zero-order valence-electron chi connectivity index (χ0n) is 12.4. The number of aliphatic hydroxyl groups is 1. The van der Waals surface area contributed by atoms with Gasteiger partial charge < -0.3 is 9.84 Å². The minimum atomic E-state index is -3.41. The van der Waals surface area contributed by atoms with Gasteiger partial charge in [-0.25, -0.2) is 0 Å². The number of piperidine rings is 1. The summed E-state index contributed by atoms with van der Waals surface area (Å²) in [6, 6.07) is -0.0632. The second kappa shape index (κ2) is 6.70. The van der Waals surface area contributed by atoms with E-state index in [2.05, 4.69) is 0 Å². The topological polar surface area (TPSA) is 70.1 Å². The molecule has 0 aromatic rings. The Bertz CT molecular complexity index is 407. The minimum absolute atomic E-state index is 0.0532. The van der Waals surface area contributed by atoms with Crippen LogP contribution in [0.15, 0.2) is 0 Å². The van der Waals surface area contributed by atoms with Crippen LogP contribution in [0.5, 0.6) is 0 Å². The fourth-order valence-electron chi connectivity index (χ4n) is 2.89. The van der Waals surface area contributed by atoms with Crippen molar-refractivity contribution in [3.8, 4) is 0 Å². The van der Waals surface area contributed by atoms with Gasteiger partial charge in [0.2, 0.25) is 0 Å². The van der Waals surface area contributed by atoms with E-state index >= 15 is 0 Å². The maximum absolute atomic E-state index is 12.8. The van der Waals surface area contributed by atoms with Crippen molar-refractivity contribution in [3.05, 3.63) is 0 Å². The van der Waals surface area contributed by atoms with E-state index in [1.807, 2.05) is 13.8 Å². The van der Waals surface area contributed by atoms with Crippen molar-refractivity contribution in [1.82, 2.24) is 8.61 Å². The summed E-state index contributed by atoms with van der Waals surface area (Å²) in [6.07, 6.45) is 2.19. The van der Waals surface area contributed by atoms with Crippen molar-refractivity contribution in [2.75, 3.05) is 32.8 Å². The summed E-state index contributed by atoms with van der Waals surface area (Å²) in [4.78, 5) is 0. The molecule has 1 N–H and O–H groups in total. The molecule has 0 aromatic carbocycles. The molecule has 2 fully saturated rings. The third-order valence-electron chi connectivity index (χ3n) is 4.34. The smallest absolute Gasteiger partial charge is 0.282 e. The molecule has 118 valence electrons. The van der Waals surface area contributed by atoms with Gasteiger partial charge in [0, 0.05) is 32.3 Å². The maximum atomic E-state index is 12.8. The van der Waals surface area contributed by atoms with Gasteiger partial charge in [0.05, 0.1) is 12.7 Å². The van der Waals surface area contributed by atoms with Crippen LogP contribution in [0.1, 0.15) is 33.1 Å². The van der Waals surface area contributed by atoms with Crippen LogP contribution in [0.4, 0.5) is 0 Å². The number of hydrogen-bond acceptors (Lipinski definition) is 4. The van der Waals surface area contributed by atoms with Crippen molar-refractivity contribution in [2.45, 2.75) is 45.3 Å². The summed E-state index contributed by atoms with van der Waals surface area (Å²) in [5.41, 5.74) is 0. The van der Waals surface area contributed by atoms with Crippen molar-refractivity contribution < 1.29 is 18.3 Å². The van der Waals surface area contributed by atoms with Crippen LogP contribution in [-0.2, 0) is 14.9 Å². The van der Waals surface area contributed by atoms with Gasteiger partial charge in [-0.05, 0) is 32.1 Å². The molecule has 2 aliphatic rings. The second-order valence-electron chi connectivity index (χ2n) is 5.81. The van der Waals surface area contributed by atoms with E-state index in [4.69, 9.17) is 9.84 Å². The SMILES string of the molecule is CCC1COC(C)CN1S(=O)(=O)N1CCC(CO)CC1. The Hall–Kier alpha value is -0.210. The predicted molar refractivity (Wildman–Crippen MR) is 76.5 cm³/mol. The lowest BCUT2D eigenvalue weighted by molar-refractivity contribution is -0.0254. The highest BCUT2D eigenvalue weighted by Gasteiger charge is 2.39. The van der Waals surface area contributed by atoms with Crippen LogP contribution < -0.4 is 0 Å². The van der Waals surface area contributed by atoms with Gasteiger partial charge in [0.1, 0.15) is 0 Å². The molecule has 0 saturated carbocycles. The third-order valence-corrected chi connectivity index (χ3v) is 6.40. The molecular formula is C13H26N2O4S. The zero-order chi connectivity index (χ0) is 14.8. The fourth-order valence-corrected chi connectivity index (χ4v) is 4.84. The Labute approximate surface area is 121 Å². The van der Waals surface area contributed by atoms with Crippen LogP contribution in [-0.4, -0.2) is 67.1 Å². The molecule has 0 radical (unpaired) electrons. The number of nitrogens with zero attached hydrogens (tertiary/aromatic N) is 2. The first-order valence-corrected chi connectivity index (χ1v) is 8.88. The van der Waals surface area contributed by atoms with E-state index in [-0.39, 0.29) is 24.7 Å². The van der Waals surface area contributed by atoms with Gasteiger partial charge in [0.25, 0.3) is 10.2 Å². The molecule has 6 nitrogen and oxygen atoms in total. The average molecular weight is 306 g/mol. The Morgan fingerprint density at radius 3 is 2.50 bits per heavy atom. The second-order valence-corrected chi connectivity index (χ2v) is 7.69. The Morgan fingerprint density at radius 2 is 1.95 bits per heavy atom. The van der Waals surface area contributed by atoms with Crippen LogP contribution in [0.3, 0.4) is 0 Å². The van der Waals surface area contributed by atoms with E-state index in [9.17, 15) is 8.42 Å². The highest BCUT2D eigenvalue weighted by Crippen LogP contribution is 2.25. The summed E-state index contributed by atoms with van der Waals surface area (Å²) >= 11 is 0. The number of hydrogen-bond donors (Lipinski definition) is 1. The molecule has 2 atom stereocenters. The lowest BCUT2D eigenvalue weighted by atomic mass is 10.00. The summed E-state index contributed by atoms with van der Waals surface area (Å²) in [5.74, 6) is 0.243. The van der Waals surface area contributed by atoms with Gasteiger partial charge in [-0.1, -0.05) is 6.92 Å². The van der Waals surface area contributed by atoms with Crippen molar-refractivity contribution in [3.63, 3.8) is 0 Å². The lowest BCUT2D eigenvalue weighted by Crippen LogP contribution is -2.56. The van der Waals surface area contributed by atoms with Gasteiger partial charge in [-0.3, -0.25) is 0 Å². The highest BCUT2D eigenvalue weighted by molar-refractivity contribution is 7.86. The van der Waals surface area contributed by atoms with E-state index in [1.54, 1.807) is 8.61 Å². The normalized spacial score (nSPS) is 31.6. The van der Waals surface area contributed by atoms with Crippen molar-refractivity contribution in [1.29, 1.82) is 0 Å². The molecule has 2 saturated heterocycles. The van der Waals surface area contributed by atoms with Gasteiger partial charge >= 0.3 is 0 Å². The van der Waals surface area contributed by atoms with Gasteiger partial charge in [-0.2, -0.15) is 17.0 Å². The van der Waals surface area contributed by atoms with Gasteiger partial charge in [-0.15, -0.1) is 0 Å². The predicted octanol–water partition coefficient (Wildman–Crippen LogP) is 0.435. The molecule has 20 heavy (non-hydrogen) atoms. The highest BCUT2D eigenvalue weighted by atomic mass is 32.2. The summed E-state index contributed by atoms with van der Waals surface area (Å²) in [6.45, 7) is 5.98. The molecule has 0 spiro atoms. The molecule has 0 bridgehead atoms. The summed E-state index contributed by atoms with van der Waals surface area (Å²) in [7, 11) is -3.41. The van der Waals surface area contributed by atoms with Gasteiger partial charge in [0.15, 0.2) is 0 Å². The van der Waals surface area contributed by atoms with Crippen molar-refractivity contribution in [2.24, 2.45) is 5.92 Å². The molecule has 2 aliphatic heterocycles. The largest absolute Gasteiger partial charge is 0.396 e. The molecular weight excluding hydrogens is 280 g/mol. The lowest BCUT2D eigenvalue weighted by Gasteiger charge is -2.41. The average Bonchev–Trinajstić information content (AvgIpc) is 2.47. The summed E-state index contributed by atoms with van der Waals surface area (Å²) in [5, 5.41) is 9.15. The van der Waals surface area contributed by atoms with E-state index < -0.39 is 10.2 Å². The maximum Gasteiger partial charge on any atom is 0.282 e. The first kappa shape index (κ1) is 16.2. The molecule has 2 unspecified atom stereocenters. The number of rotatable bonds is 4. The molecule has 0 aromatic heterocycles. The standard InChI is InChI=1S/C13H26N2O4S/c1-3-13-10-19-11(2)8-15(13)20(17,18)14-6-4-12(9-16)5-7-14/h11-13,16H,3-10H2,1-2H3. The van der Waals surface area contributed by atoms with Crippen LogP contribution >= 0.6 is 0 Å². The quantitative estimate of drug-likeness (QED) is 0.818. The Morgan fingerprint density at radius 1 is 1.30 bits per heavy atom. The summed E-state index contributed by atoms with van der Waals surface area (Å²) < 4.78 is 34.3. The monoisotopic (exact) mass is 306 g/mol. The molecule has 7 heteroatoms. The zero-order valence-corrected chi connectivity index (χ0v) is 13.2. The van der Waals surface area contributed by atoms with Crippen LogP contribution in [0.25, 0.3) is 0 Å². The third kappa shape index (κ3) is 3.33. The van der Waals surface area contributed by atoms with E-state index in [1.165, 1.54) is 0 Å².